The molecule has 6 heteroatoms. The first-order valence-electron chi connectivity index (χ1n) is 9.99. The largest absolute Gasteiger partial charge is 0.474 e. The van der Waals surface area contributed by atoms with Gasteiger partial charge in [0.25, 0.3) is 0 Å². The molecule has 0 amide bonds. The standard InChI is InChI=1S/C24H23Cl3N2O/c1-16(30-24-10-8-19(25)12-28-24)20-14-29(13-17-5-3-2-4-6-17)15-21(20)18-7-9-22(26)23(27)11-18/h2-12,16,20-21H,13-15H2,1H3. The van der Waals surface area contributed by atoms with Crippen LogP contribution in [0.2, 0.25) is 15.1 Å². The van der Waals surface area contributed by atoms with Gasteiger partial charge in [0.05, 0.1) is 15.1 Å². The number of hydrogen-bond donors (Lipinski definition) is 0. The molecular formula is C24H23Cl3N2O. The molecule has 1 aliphatic rings. The monoisotopic (exact) mass is 460 g/mol. The van der Waals surface area contributed by atoms with Crippen molar-refractivity contribution in [2.75, 3.05) is 13.1 Å². The van der Waals surface area contributed by atoms with Crippen LogP contribution in [0.5, 0.6) is 5.88 Å². The second kappa shape index (κ2) is 9.57. The summed E-state index contributed by atoms with van der Waals surface area (Å²) in [5, 5.41) is 1.76. The van der Waals surface area contributed by atoms with Crippen LogP contribution in [0.4, 0.5) is 0 Å². The molecule has 0 saturated carbocycles. The minimum absolute atomic E-state index is 0.0288. The summed E-state index contributed by atoms with van der Waals surface area (Å²) in [5.41, 5.74) is 2.49. The van der Waals surface area contributed by atoms with Crippen molar-refractivity contribution in [1.29, 1.82) is 0 Å². The van der Waals surface area contributed by atoms with Gasteiger partial charge in [0, 0.05) is 43.7 Å². The molecule has 0 radical (unpaired) electrons. The SMILES string of the molecule is CC(Oc1ccc(Cl)cn1)C1CN(Cc2ccccc2)CC1c1ccc(Cl)c(Cl)c1. The minimum atomic E-state index is -0.0288. The zero-order chi connectivity index (χ0) is 21.1. The van der Waals surface area contributed by atoms with Crippen molar-refractivity contribution >= 4 is 34.8 Å². The Balaban J connectivity index is 1.56. The van der Waals surface area contributed by atoms with Crippen LogP contribution in [-0.2, 0) is 6.54 Å². The highest BCUT2D eigenvalue weighted by Gasteiger charge is 2.38. The van der Waals surface area contributed by atoms with Gasteiger partial charge in [-0.05, 0) is 36.2 Å². The van der Waals surface area contributed by atoms with E-state index in [2.05, 4.69) is 47.1 Å². The average Bonchev–Trinajstić information content (AvgIpc) is 3.16. The van der Waals surface area contributed by atoms with Crippen LogP contribution in [-0.4, -0.2) is 29.1 Å². The number of benzene rings is 2. The number of aromatic nitrogens is 1. The predicted octanol–water partition coefficient (Wildman–Crippen LogP) is 6.72. The van der Waals surface area contributed by atoms with Gasteiger partial charge >= 0.3 is 0 Å². The molecule has 2 heterocycles. The molecule has 3 nitrogen and oxygen atoms in total. The van der Waals surface area contributed by atoms with Crippen LogP contribution >= 0.6 is 34.8 Å². The Hall–Kier alpha value is -1.78. The number of pyridine rings is 1. The Bertz CT molecular complexity index is 982. The van der Waals surface area contributed by atoms with Gasteiger partial charge in [0.15, 0.2) is 0 Å². The molecule has 1 saturated heterocycles. The van der Waals surface area contributed by atoms with E-state index in [9.17, 15) is 0 Å². The average molecular weight is 462 g/mol. The summed E-state index contributed by atoms with van der Waals surface area (Å²) >= 11 is 18.4. The fraction of sp³-hybridized carbons (Fsp3) is 0.292. The second-order valence-electron chi connectivity index (χ2n) is 7.76. The predicted molar refractivity (Wildman–Crippen MR) is 124 cm³/mol. The Morgan fingerprint density at radius 2 is 1.80 bits per heavy atom. The maximum atomic E-state index is 6.33. The van der Waals surface area contributed by atoms with Gasteiger partial charge in [-0.2, -0.15) is 0 Å². The molecule has 1 fully saturated rings. The lowest BCUT2D eigenvalue weighted by atomic mass is 9.86. The van der Waals surface area contributed by atoms with Crippen molar-refractivity contribution in [1.82, 2.24) is 9.88 Å². The summed E-state index contributed by atoms with van der Waals surface area (Å²) in [5.74, 6) is 1.15. The van der Waals surface area contributed by atoms with Gasteiger partial charge in [-0.1, -0.05) is 71.2 Å². The number of nitrogens with zero attached hydrogens (tertiary/aromatic N) is 2. The first-order valence-corrected chi connectivity index (χ1v) is 11.1. The van der Waals surface area contributed by atoms with Crippen molar-refractivity contribution in [3.05, 3.63) is 93.1 Å². The first kappa shape index (κ1) is 21.5. The second-order valence-corrected chi connectivity index (χ2v) is 9.01. The molecule has 30 heavy (non-hydrogen) atoms. The molecule has 3 unspecified atom stereocenters. The topological polar surface area (TPSA) is 25.4 Å². The molecule has 4 rings (SSSR count). The highest BCUT2D eigenvalue weighted by Crippen LogP contribution is 2.38. The van der Waals surface area contributed by atoms with Gasteiger partial charge < -0.3 is 4.74 Å². The molecule has 3 atom stereocenters. The third-order valence-electron chi connectivity index (χ3n) is 5.67. The lowest BCUT2D eigenvalue weighted by Crippen LogP contribution is -2.30. The van der Waals surface area contributed by atoms with Gasteiger partial charge in [0.1, 0.15) is 6.10 Å². The Morgan fingerprint density at radius 1 is 1.00 bits per heavy atom. The van der Waals surface area contributed by atoms with Gasteiger partial charge in [-0.3, -0.25) is 4.90 Å². The van der Waals surface area contributed by atoms with Crippen molar-refractivity contribution in [2.45, 2.75) is 25.5 Å². The number of halogens is 3. The van der Waals surface area contributed by atoms with Gasteiger partial charge in [0.2, 0.25) is 5.88 Å². The molecule has 2 aromatic carbocycles. The normalized spacial score (nSPS) is 20.3. The van der Waals surface area contributed by atoms with E-state index in [4.69, 9.17) is 39.5 Å². The van der Waals surface area contributed by atoms with E-state index in [0.717, 1.165) is 19.6 Å². The molecule has 3 aromatic rings. The van der Waals surface area contributed by atoms with Crippen LogP contribution in [0.3, 0.4) is 0 Å². The van der Waals surface area contributed by atoms with Crippen molar-refractivity contribution in [2.24, 2.45) is 5.92 Å². The molecule has 0 aliphatic carbocycles. The molecule has 156 valence electrons. The van der Waals surface area contributed by atoms with E-state index >= 15 is 0 Å². The van der Waals surface area contributed by atoms with E-state index in [-0.39, 0.29) is 17.9 Å². The first-order chi connectivity index (χ1) is 14.5. The third kappa shape index (κ3) is 5.09. The maximum absolute atomic E-state index is 6.33. The smallest absolute Gasteiger partial charge is 0.213 e. The summed E-state index contributed by atoms with van der Waals surface area (Å²) < 4.78 is 6.20. The van der Waals surface area contributed by atoms with Gasteiger partial charge in [-0.15, -0.1) is 0 Å². The van der Waals surface area contributed by atoms with Crippen molar-refractivity contribution in [3.8, 4) is 5.88 Å². The highest BCUT2D eigenvalue weighted by molar-refractivity contribution is 6.42. The van der Waals surface area contributed by atoms with Crippen LogP contribution in [0.15, 0.2) is 66.9 Å². The Labute approximate surface area is 192 Å². The fourth-order valence-corrected chi connectivity index (χ4v) is 4.58. The molecule has 0 spiro atoms. The lowest BCUT2D eigenvalue weighted by Gasteiger charge is -2.26. The summed E-state index contributed by atoms with van der Waals surface area (Å²) in [4.78, 5) is 6.77. The van der Waals surface area contributed by atoms with E-state index in [1.807, 2.05) is 24.3 Å². The lowest BCUT2D eigenvalue weighted by molar-refractivity contribution is 0.138. The van der Waals surface area contributed by atoms with E-state index in [0.29, 0.717) is 20.9 Å². The number of rotatable bonds is 6. The Kier molecular flexibility index (Phi) is 6.84. The van der Waals surface area contributed by atoms with Crippen LogP contribution < -0.4 is 4.74 Å². The zero-order valence-electron chi connectivity index (χ0n) is 16.6. The summed E-state index contributed by atoms with van der Waals surface area (Å²) in [6.45, 7) is 4.87. The summed E-state index contributed by atoms with van der Waals surface area (Å²) in [7, 11) is 0. The minimum Gasteiger partial charge on any atom is -0.474 e. The maximum Gasteiger partial charge on any atom is 0.213 e. The molecule has 1 aliphatic heterocycles. The summed E-state index contributed by atoms with van der Waals surface area (Å²) in [6, 6.07) is 20.1. The molecule has 1 aromatic heterocycles. The summed E-state index contributed by atoms with van der Waals surface area (Å²) in [6.07, 6.45) is 1.58. The van der Waals surface area contributed by atoms with Crippen molar-refractivity contribution < 1.29 is 4.74 Å². The van der Waals surface area contributed by atoms with E-state index in [1.54, 1.807) is 12.3 Å². The van der Waals surface area contributed by atoms with Gasteiger partial charge in [-0.25, -0.2) is 4.98 Å². The van der Waals surface area contributed by atoms with E-state index < -0.39 is 0 Å². The molecular weight excluding hydrogens is 439 g/mol. The van der Waals surface area contributed by atoms with Crippen LogP contribution in [0.1, 0.15) is 24.0 Å². The Morgan fingerprint density at radius 3 is 2.50 bits per heavy atom. The highest BCUT2D eigenvalue weighted by atomic mass is 35.5. The number of ether oxygens (including phenoxy) is 1. The number of hydrogen-bond acceptors (Lipinski definition) is 3. The quantitative estimate of drug-likeness (QED) is 0.407. The van der Waals surface area contributed by atoms with E-state index in [1.165, 1.54) is 11.1 Å². The third-order valence-corrected chi connectivity index (χ3v) is 6.63. The van der Waals surface area contributed by atoms with Crippen molar-refractivity contribution in [3.63, 3.8) is 0 Å². The molecule has 0 bridgehead atoms. The fourth-order valence-electron chi connectivity index (χ4n) is 4.17. The van der Waals surface area contributed by atoms with Crippen LogP contribution in [0, 0.1) is 5.92 Å². The zero-order valence-corrected chi connectivity index (χ0v) is 18.9. The molecule has 0 N–H and O–H groups in total. The van der Waals surface area contributed by atoms with Crippen LogP contribution in [0.25, 0.3) is 0 Å². The number of likely N-dealkylation sites (tertiary alicyclic amines) is 1.